The normalized spacial score (nSPS) is 37.8. The highest BCUT2D eigenvalue weighted by atomic mass is 16.5. The number of hydrogen-bond acceptors (Lipinski definition) is 2. The molecule has 3 aliphatic rings. The fraction of sp³-hybridized carbons (Fsp3) is 0.471. The molecule has 0 saturated heterocycles. The van der Waals surface area contributed by atoms with Crippen LogP contribution >= 0.6 is 0 Å². The Morgan fingerprint density at radius 2 is 2.05 bits per heavy atom. The number of hydrogen-bond donors (Lipinski definition) is 0. The molecule has 2 fully saturated rings. The summed E-state index contributed by atoms with van der Waals surface area (Å²) in [5.41, 5.74) is 0.792. The molecule has 0 N–H and O–H groups in total. The summed E-state index contributed by atoms with van der Waals surface area (Å²) in [6.07, 6.45) is 8.14. The zero-order chi connectivity index (χ0) is 13.0. The van der Waals surface area contributed by atoms with Crippen LogP contribution < -0.4 is 4.74 Å². The summed E-state index contributed by atoms with van der Waals surface area (Å²) < 4.78 is 5.16. The first-order chi connectivity index (χ1) is 9.25. The third-order valence-corrected chi connectivity index (χ3v) is 5.60. The smallest absolute Gasteiger partial charge is 0.169 e. The number of benzene rings is 1. The molecule has 2 heteroatoms. The van der Waals surface area contributed by atoms with E-state index < -0.39 is 0 Å². The molecule has 0 radical (unpaired) electrons. The van der Waals surface area contributed by atoms with E-state index in [9.17, 15) is 4.79 Å². The van der Waals surface area contributed by atoms with Crippen molar-refractivity contribution in [3.63, 3.8) is 0 Å². The molecule has 4 rings (SSSR count). The third kappa shape index (κ3) is 1.29. The molecule has 0 aliphatic heterocycles. The van der Waals surface area contributed by atoms with E-state index in [2.05, 4.69) is 12.2 Å². The monoisotopic (exact) mass is 254 g/mol. The molecule has 19 heavy (non-hydrogen) atoms. The van der Waals surface area contributed by atoms with E-state index >= 15 is 0 Å². The van der Waals surface area contributed by atoms with Gasteiger partial charge in [-0.3, -0.25) is 4.79 Å². The maximum absolute atomic E-state index is 12.9. The summed E-state index contributed by atoms with van der Waals surface area (Å²) >= 11 is 0. The highest BCUT2D eigenvalue weighted by Gasteiger charge is 2.64. The van der Waals surface area contributed by atoms with Gasteiger partial charge in [0.25, 0.3) is 0 Å². The molecule has 1 aromatic rings. The molecule has 1 aromatic carbocycles. The van der Waals surface area contributed by atoms with Gasteiger partial charge in [0.1, 0.15) is 5.75 Å². The number of carbonyl (C=O) groups excluding carboxylic acids is 1. The largest absolute Gasteiger partial charge is 0.497 e. The minimum absolute atomic E-state index is 0.0615. The quantitative estimate of drug-likeness (QED) is 0.609. The first-order valence-electron chi connectivity index (χ1n) is 7.13. The Morgan fingerprint density at radius 1 is 1.26 bits per heavy atom. The molecule has 2 bridgehead atoms. The second-order valence-corrected chi connectivity index (χ2v) is 6.13. The average molecular weight is 254 g/mol. The molecular formula is C17H18O2. The van der Waals surface area contributed by atoms with Crippen LogP contribution in [0, 0.1) is 23.2 Å². The van der Waals surface area contributed by atoms with E-state index in [4.69, 9.17) is 4.74 Å². The van der Waals surface area contributed by atoms with Crippen molar-refractivity contribution in [3.8, 4) is 5.75 Å². The zero-order valence-electron chi connectivity index (χ0n) is 11.1. The van der Waals surface area contributed by atoms with Crippen molar-refractivity contribution >= 4 is 5.78 Å². The van der Waals surface area contributed by atoms with Crippen molar-refractivity contribution in [1.29, 1.82) is 0 Å². The van der Waals surface area contributed by atoms with Crippen LogP contribution in [-0.2, 0) is 0 Å². The molecule has 0 unspecified atom stereocenters. The van der Waals surface area contributed by atoms with Gasteiger partial charge in [0, 0.05) is 11.0 Å². The Hall–Kier alpha value is -1.57. The predicted octanol–water partition coefficient (Wildman–Crippen LogP) is 3.48. The topological polar surface area (TPSA) is 26.3 Å². The van der Waals surface area contributed by atoms with E-state index in [0.29, 0.717) is 23.5 Å². The van der Waals surface area contributed by atoms with Gasteiger partial charge in [-0.2, -0.15) is 0 Å². The number of fused-ring (bicyclic) bond motifs is 5. The lowest BCUT2D eigenvalue weighted by Crippen LogP contribution is -2.49. The molecule has 98 valence electrons. The van der Waals surface area contributed by atoms with Gasteiger partial charge in [-0.15, -0.1) is 0 Å². The Bertz CT molecular complexity index is 557. The lowest BCUT2D eigenvalue weighted by molar-refractivity contribution is 0.0203. The lowest BCUT2D eigenvalue weighted by atomic mass is 9.52. The molecule has 2 saturated carbocycles. The molecule has 4 atom stereocenters. The van der Waals surface area contributed by atoms with Crippen LogP contribution in [0.5, 0.6) is 5.75 Å². The van der Waals surface area contributed by atoms with Crippen LogP contribution in [-0.4, -0.2) is 12.9 Å². The van der Waals surface area contributed by atoms with Crippen LogP contribution in [0.3, 0.4) is 0 Å². The highest BCUT2D eigenvalue weighted by molar-refractivity contribution is 6.02. The Balaban J connectivity index is 1.69. The van der Waals surface area contributed by atoms with Gasteiger partial charge >= 0.3 is 0 Å². The number of Topliss-reactive ketones (excluding diaryl/α,β-unsaturated/α-hetero) is 1. The molecule has 0 aromatic heterocycles. The molecule has 2 nitrogen and oxygen atoms in total. The van der Waals surface area contributed by atoms with Crippen LogP contribution in [0.4, 0.5) is 0 Å². The summed E-state index contributed by atoms with van der Waals surface area (Å²) in [7, 11) is 1.65. The number of ether oxygens (including phenoxy) is 1. The number of ketones is 1. The number of methoxy groups -OCH3 is 1. The molecule has 0 amide bonds. The summed E-state index contributed by atoms with van der Waals surface area (Å²) in [6.45, 7) is 0. The van der Waals surface area contributed by atoms with Gasteiger partial charge < -0.3 is 4.74 Å². The SMILES string of the molecule is COc1ccc(C(=O)[C@@]23CC[C@@H]2[C@H]2C=C[C@@H]3C2)cc1. The Kier molecular flexibility index (Phi) is 2.21. The third-order valence-electron chi connectivity index (χ3n) is 5.60. The second-order valence-electron chi connectivity index (χ2n) is 6.13. The highest BCUT2D eigenvalue weighted by Crippen LogP contribution is 2.67. The van der Waals surface area contributed by atoms with E-state index in [1.54, 1.807) is 7.11 Å². The number of carbonyl (C=O) groups is 1. The fourth-order valence-corrected chi connectivity index (χ4v) is 4.55. The molecule has 3 aliphatic carbocycles. The summed E-state index contributed by atoms with van der Waals surface area (Å²) in [5.74, 6) is 2.94. The van der Waals surface area contributed by atoms with Crippen molar-refractivity contribution in [2.75, 3.05) is 7.11 Å². The molecule has 0 heterocycles. The minimum atomic E-state index is -0.0615. The van der Waals surface area contributed by atoms with E-state index in [1.165, 1.54) is 12.8 Å². The van der Waals surface area contributed by atoms with Crippen LogP contribution in [0.25, 0.3) is 0 Å². The standard InChI is InChI=1S/C17H18O2/c1-19-14-6-3-11(4-7-14)16(18)17-9-8-15(17)12-2-5-13(17)10-12/h2-7,12-13,15H,8-10H2,1H3/t12-,13+,15+,17+/m0/s1. The van der Waals surface area contributed by atoms with Gasteiger partial charge in [0.15, 0.2) is 5.78 Å². The first kappa shape index (κ1) is 11.3. The van der Waals surface area contributed by atoms with Crippen molar-refractivity contribution in [3.05, 3.63) is 42.0 Å². The van der Waals surface area contributed by atoms with E-state index in [1.807, 2.05) is 24.3 Å². The van der Waals surface area contributed by atoms with Crippen molar-refractivity contribution in [2.45, 2.75) is 19.3 Å². The van der Waals surface area contributed by atoms with Crippen LogP contribution in [0.15, 0.2) is 36.4 Å². The summed E-state index contributed by atoms with van der Waals surface area (Å²) in [6, 6.07) is 7.61. The van der Waals surface area contributed by atoms with Crippen LogP contribution in [0.2, 0.25) is 0 Å². The molecule has 0 spiro atoms. The number of rotatable bonds is 3. The summed E-state index contributed by atoms with van der Waals surface area (Å²) in [4.78, 5) is 12.9. The van der Waals surface area contributed by atoms with Gasteiger partial charge in [-0.05, 0) is 61.3 Å². The van der Waals surface area contributed by atoms with Gasteiger partial charge in [-0.25, -0.2) is 0 Å². The molecular weight excluding hydrogens is 236 g/mol. The first-order valence-corrected chi connectivity index (χ1v) is 7.13. The van der Waals surface area contributed by atoms with Gasteiger partial charge in [0.2, 0.25) is 0 Å². The maximum atomic E-state index is 12.9. The Morgan fingerprint density at radius 3 is 2.63 bits per heavy atom. The second kappa shape index (κ2) is 3.72. The van der Waals surface area contributed by atoms with Gasteiger partial charge in [0.05, 0.1) is 7.11 Å². The summed E-state index contributed by atoms with van der Waals surface area (Å²) in [5, 5.41) is 0. The number of allylic oxidation sites excluding steroid dienone is 2. The van der Waals surface area contributed by atoms with Gasteiger partial charge in [-0.1, -0.05) is 12.2 Å². The maximum Gasteiger partial charge on any atom is 0.169 e. The predicted molar refractivity (Wildman–Crippen MR) is 73.2 cm³/mol. The lowest BCUT2D eigenvalue weighted by Gasteiger charge is -2.49. The fourth-order valence-electron chi connectivity index (χ4n) is 4.55. The van der Waals surface area contributed by atoms with Crippen LogP contribution in [0.1, 0.15) is 29.6 Å². The van der Waals surface area contributed by atoms with E-state index in [0.717, 1.165) is 17.7 Å². The minimum Gasteiger partial charge on any atom is -0.497 e. The zero-order valence-corrected chi connectivity index (χ0v) is 11.1. The van der Waals surface area contributed by atoms with E-state index in [-0.39, 0.29) is 5.41 Å². The van der Waals surface area contributed by atoms with Crippen molar-refractivity contribution in [1.82, 2.24) is 0 Å². The van der Waals surface area contributed by atoms with Crippen molar-refractivity contribution in [2.24, 2.45) is 23.2 Å². The van der Waals surface area contributed by atoms with Crippen molar-refractivity contribution < 1.29 is 9.53 Å². The average Bonchev–Trinajstić information content (AvgIpc) is 2.94. The Labute approximate surface area is 113 Å².